The minimum absolute atomic E-state index is 0.0157. The van der Waals surface area contributed by atoms with Crippen molar-refractivity contribution in [1.82, 2.24) is 5.43 Å². The molecule has 0 spiro atoms. The summed E-state index contributed by atoms with van der Waals surface area (Å²) in [5, 5.41) is 24.4. The second-order valence-corrected chi connectivity index (χ2v) is 6.57. The molecular weight excluding hydrogens is 414 g/mol. The zero-order valence-electron chi connectivity index (χ0n) is 17.2. The fraction of sp³-hybridized carbons (Fsp3) is 0.130. The van der Waals surface area contributed by atoms with E-state index in [9.17, 15) is 20.0 Å². The van der Waals surface area contributed by atoms with Crippen molar-refractivity contribution in [2.45, 2.75) is 13.5 Å². The lowest BCUT2D eigenvalue weighted by atomic mass is 10.2. The molecule has 3 aromatic carbocycles. The van der Waals surface area contributed by atoms with Gasteiger partial charge in [0, 0.05) is 12.1 Å². The van der Waals surface area contributed by atoms with Gasteiger partial charge in [0.05, 0.1) is 23.3 Å². The maximum atomic E-state index is 12.1. The quantitative estimate of drug-likeness (QED) is 0.297. The molecule has 3 rings (SSSR count). The zero-order chi connectivity index (χ0) is 22.9. The number of nitro benzene ring substituents is 1. The van der Waals surface area contributed by atoms with Gasteiger partial charge < -0.3 is 14.6 Å². The number of phenolic OH excluding ortho intramolecular Hbond substituents is 1. The molecule has 0 aliphatic carbocycles. The van der Waals surface area contributed by atoms with Gasteiger partial charge in [0.25, 0.3) is 11.6 Å². The Hall–Kier alpha value is -4.40. The molecule has 0 saturated carbocycles. The third-order valence-corrected chi connectivity index (χ3v) is 4.34. The number of carbonyl (C=O) groups excluding carboxylic acids is 1. The lowest BCUT2D eigenvalue weighted by molar-refractivity contribution is -0.384. The Morgan fingerprint density at radius 1 is 1.09 bits per heavy atom. The zero-order valence-corrected chi connectivity index (χ0v) is 17.2. The largest absolute Gasteiger partial charge is 0.507 e. The van der Waals surface area contributed by atoms with E-state index < -0.39 is 10.8 Å². The number of nitrogens with one attached hydrogen (secondary N) is 1. The van der Waals surface area contributed by atoms with E-state index in [0.29, 0.717) is 23.7 Å². The SMILES string of the molecule is CCOc1cc(/C=N/NC(=O)c2ccccc2O)ccc1OCc1ccc([N+](=O)[O-])cc1. The molecule has 0 aromatic heterocycles. The predicted molar refractivity (Wildman–Crippen MR) is 118 cm³/mol. The van der Waals surface area contributed by atoms with E-state index in [1.807, 2.05) is 6.92 Å². The average molecular weight is 435 g/mol. The first-order valence-corrected chi connectivity index (χ1v) is 9.72. The molecule has 9 heteroatoms. The first-order valence-electron chi connectivity index (χ1n) is 9.72. The fourth-order valence-electron chi connectivity index (χ4n) is 2.76. The summed E-state index contributed by atoms with van der Waals surface area (Å²) in [5.74, 6) is 0.326. The summed E-state index contributed by atoms with van der Waals surface area (Å²) in [4.78, 5) is 22.4. The summed E-state index contributed by atoms with van der Waals surface area (Å²) in [6, 6.07) is 17.4. The second-order valence-electron chi connectivity index (χ2n) is 6.57. The Bertz CT molecular complexity index is 1130. The number of ether oxygens (including phenoxy) is 2. The molecule has 1 amide bonds. The molecule has 0 unspecified atom stereocenters. The summed E-state index contributed by atoms with van der Waals surface area (Å²) in [5.41, 5.74) is 3.93. The highest BCUT2D eigenvalue weighted by Gasteiger charge is 2.10. The van der Waals surface area contributed by atoms with Crippen molar-refractivity contribution in [3.8, 4) is 17.2 Å². The summed E-state index contributed by atoms with van der Waals surface area (Å²) >= 11 is 0. The van der Waals surface area contributed by atoms with Crippen molar-refractivity contribution in [1.29, 1.82) is 0 Å². The highest BCUT2D eigenvalue weighted by molar-refractivity contribution is 5.97. The molecular formula is C23H21N3O6. The number of rotatable bonds is 9. The van der Waals surface area contributed by atoms with Crippen molar-refractivity contribution >= 4 is 17.8 Å². The second kappa shape index (κ2) is 10.6. The van der Waals surface area contributed by atoms with E-state index >= 15 is 0 Å². The summed E-state index contributed by atoms with van der Waals surface area (Å²) < 4.78 is 11.4. The Morgan fingerprint density at radius 3 is 2.53 bits per heavy atom. The normalized spacial score (nSPS) is 10.7. The monoisotopic (exact) mass is 435 g/mol. The molecule has 164 valence electrons. The summed E-state index contributed by atoms with van der Waals surface area (Å²) in [7, 11) is 0. The third kappa shape index (κ3) is 5.82. The Kier molecular flexibility index (Phi) is 7.37. The van der Waals surface area contributed by atoms with Gasteiger partial charge >= 0.3 is 0 Å². The van der Waals surface area contributed by atoms with Crippen LogP contribution in [0.2, 0.25) is 0 Å². The smallest absolute Gasteiger partial charge is 0.275 e. The Balaban J connectivity index is 1.65. The molecule has 0 atom stereocenters. The molecule has 9 nitrogen and oxygen atoms in total. The van der Waals surface area contributed by atoms with Gasteiger partial charge in [-0.05, 0) is 60.5 Å². The van der Waals surface area contributed by atoms with Crippen molar-refractivity contribution < 1.29 is 24.3 Å². The fourth-order valence-corrected chi connectivity index (χ4v) is 2.76. The highest BCUT2D eigenvalue weighted by Crippen LogP contribution is 2.29. The number of amides is 1. The molecule has 0 radical (unpaired) electrons. The number of carbonyl (C=O) groups is 1. The van der Waals surface area contributed by atoms with Gasteiger partial charge in [0.15, 0.2) is 11.5 Å². The third-order valence-electron chi connectivity index (χ3n) is 4.34. The Labute approximate surface area is 184 Å². The first kappa shape index (κ1) is 22.3. The van der Waals surface area contributed by atoms with Crippen LogP contribution in [0, 0.1) is 10.1 Å². The van der Waals surface area contributed by atoms with Crippen molar-refractivity contribution in [3.05, 3.63) is 93.5 Å². The number of nitrogens with zero attached hydrogens (tertiary/aromatic N) is 2. The van der Waals surface area contributed by atoms with Crippen LogP contribution in [0.15, 0.2) is 71.8 Å². The first-order chi connectivity index (χ1) is 15.5. The van der Waals surface area contributed by atoms with Gasteiger partial charge in [-0.1, -0.05) is 12.1 Å². The standard InChI is InChI=1S/C23H21N3O6/c1-2-31-22-13-17(14-24-25-23(28)19-5-3-4-6-20(19)27)9-12-21(22)32-15-16-7-10-18(11-8-16)26(29)30/h3-14,27H,2,15H2,1H3,(H,25,28)/b24-14+. The van der Waals surface area contributed by atoms with Crippen LogP contribution in [0.1, 0.15) is 28.4 Å². The molecule has 0 aliphatic rings. The number of hydrogen-bond donors (Lipinski definition) is 2. The van der Waals surface area contributed by atoms with Crippen molar-refractivity contribution in [2.24, 2.45) is 5.10 Å². The highest BCUT2D eigenvalue weighted by atomic mass is 16.6. The van der Waals surface area contributed by atoms with E-state index in [1.54, 1.807) is 42.5 Å². The molecule has 0 fully saturated rings. The van der Waals surface area contributed by atoms with Gasteiger partial charge in [-0.3, -0.25) is 14.9 Å². The number of non-ortho nitro benzene ring substituents is 1. The average Bonchev–Trinajstić information content (AvgIpc) is 2.79. The van der Waals surface area contributed by atoms with E-state index in [4.69, 9.17) is 9.47 Å². The lowest BCUT2D eigenvalue weighted by Crippen LogP contribution is -2.17. The lowest BCUT2D eigenvalue weighted by Gasteiger charge is -2.12. The molecule has 32 heavy (non-hydrogen) atoms. The maximum Gasteiger partial charge on any atom is 0.275 e. The van der Waals surface area contributed by atoms with Gasteiger partial charge in [-0.15, -0.1) is 0 Å². The number of nitro groups is 1. The van der Waals surface area contributed by atoms with Crippen LogP contribution < -0.4 is 14.9 Å². The van der Waals surface area contributed by atoms with Crippen LogP contribution in [0.4, 0.5) is 5.69 Å². The molecule has 0 saturated heterocycles. The number of aromatic hydroxyl groups is 1. The van der Waals surface area contributed by atoms with E-state index in [-0.39, 0.29) is 23.6 Å². The maximum absolute atomic E-state index is 12.1. The molecule has 3 aromatic rings. The number of phenols is 1. The molecule has 0 aliphatic heterocycles. The van der Waals surface area contributed by atoms with E-state index in [0.717, 1.165) is 5.56 Å². The number of para-hydroxylation sites is 1. The van der Waals surface area contributed by atoms with E-state index in [1.165, 1.54) is 30.5 Å². The van der Waals surface area contributed by atoms with E-state index in [2.05, 4.69) is 10.5 Å². The van der Waals surface area contributed by atoms with Gasteiger partial charge in [0.1, 0.15) is 12.4 Å². The van der Waals surface area contributed by atoms with Gasteiger partial charge in [-0.2, -0.15) is 5.10 Å². The predicted octanol–water partition coefficient (Wildman–Crippen LogP) is 4.04. The minimum Gasteiger partial charge on any atom is -0.507 e. The molecule has 0 heterocycles. The van der Waals surface area contributed by atoms with Gasteiger partial charge in [-0.25, -0.2) is 5.43 Å². The van der Waals surface area contributed by atoms with Crippen LogP contribution in [0.25, 0.3) is 0 Å². The van der Waals surface area contributed by atoms with Gasteiger partial charge in [0.2, 0.25) is 0 Å². The topological polar surface area (TPSA) is 123 Å². The van der Waals surface area contributed by atoms with Crippen LogP contribution in [0.5, 0.6) is 17.2 Å². The van der Waals surface area contributed by atoms with Crippen LogP contribution in [-0.2, 0) is 6.61 Å². The van der Waals surface area contributed by atoms with Crippen molar-refractivity contribution in [2.75, 3.05) is 6.61 Å². The number of hydrogen-bond acceptors (Lipinski definition) is 7. The van der Waals surface area contributed by atoms with Crippen LogP contribution >= 0.6 is 0 Å². The van der Waals surface area contributed by atoms with Crippen LogP contribution in [0.3, 0.4) is 0 Å². The minimum atomic E-state index is -0.535. The molecule has 0 bridgehead atoms. The Morgan fingerprint density at radius 2 is 1.84 bits per heavy atom. The molecule has 2 N–H and O–H groups in total. The summed E-state index contributed by atoms with van der Waals surface area (Å²) in [6.45, 7) is 2.47. The van der Waals surface area contributed by atoms with Crippen LogP contribution in [-0.4, -0.2) is 28.8 Å². The van der Waals surface area contributed by atoms with Crippen molar-refractivity contribution in [3.63, 3.8) is 0 Å². The number of hydrazone groups is 1. The summed E-state index contributed by atoms with van der Waals surface area (Å²) in [6.07, 6.45) is 1.44. The number of benzene rings is 3.